The second-order valence-electron chi connectivity index (χ2n) is 8.94. The molecule has 0 unspecified atom stereocenters. The van der Waals surface area contributed by atoms with Crippen LogP contribution in [-0.4, -0.2) is 32.4 Å². The number of amides is 1. The van der Waals surface area contributed by atoms with Crippen molar-refractivity contribution >= 4 is 34.6 Å². The normalized spacial score (nSPS) is 16.8. The molecule has 0 bridgehead atoms. The summed E-state index contributed by atoms with van der Waals surface area (Å²) in [6, 6.07) is 22.6. The van der Waals surface area contributed by atoms with Crippen LogP contribution in [0.4, 0.5) is 11.4 Å². The zero-order valence-electron chi connectivity index (χ0n) is 20.5. The highest BCUT2D eigenvalue weighted by Crippen LogP contribution is 2.40. The highest BCUT2D eigenvalue weighted by atomic mass is 32.1. The lowest BCUT2D eigenvalue weighted by Crippen LogP contribution is -2.32. The van der Waals surface area contributed by atoms with E-state index in [1.807, 2.05) is 66.4 Å². The molecular formula is C28H25N5O4S. The molecule has 1 aliphatic rings. The number of anilines is 1. The first kappa shape index (κ1) is 25.1. The Labute approximate surface area is 224 Å². The molecule has 1 aliphatic heterocycles. The molecule has 2 atom stereocenters. The molecule has 3 heterocycles. The first-order valence-corrected chi connectivity index (χ1v) is 12.5. The Balaban J connectivity index is 1.40. The van der Waals surface area contributed by atoms with Crippen LogP contribution in [0.5, 0.6) is 0 Å². The average Bonchev–Trinajstić information content (AvgIpc) is 3.54. The number of rotatable bonds is 8. The number of hydrogen-bond acceptors (Lipinski definition) is 6. The molecule has 1 amide bonds. The van der Waals surface area contributed by atoms with E-state index in [0.717, 1.165) is 16.9 Å². The molecule has 0 radical (unpaired) electrons. The molecule has 0 saturated carbocycles. The van der Waals surface area contributed by atoms with Crippen LogP contribution in [0.2, 0.25) is 0 Å². The summed E-state index contributed by atoms with van der Waals surface area (Å²) in [5.41, 5.74) is 3.29. The van der Waals surface area contributed by atoms with E-state index in [1.54, 1.807) is 18.3 Å². The van der Waals surface area contributed by atoms with Crippen LogP contribution in [0.1, 0.15) is 35.5 Å². The summed E-state index contributed by atoms with van der Waals surface area (Å²) in [7, 11) is 0. The minimum absolute atomic E-state index is 0.0104. The monoisotopic (exact) mass is 527 g/mol. The van der Waals surface area contributed by atoms with Crippen LogP contribution in [0.15, 0.2) is 89.5 Å². The van der Waals surface area contributed by atoms with Gasteiger partial charge in [0.2, 0.25) is 5.91 Å². The Hall–Kier alpha value is -4.57. The van der Waals surface area contributed by atoms with Crippen molar-refractivity contribution in [2.75, 3.05) is 11.9 Å². The standard InChI is InChI=1S/C28H25N5O4S/c1-18-6-2-3-7-21(18)30-25(34)15-17-32-27(26(31-28(32)38)22-8-4-5-16-29-22)24-14-13-23(37-24)19-9-11-20(12-10-19)33(35)36/h2-14,16,26-27H,15,17H2,1H3,(H,30,34)(H,31,38)/t26-,27-/m1/s1. The van der Waals surface area contributed by atoms with Crippen molar-refractivity contribution in [1.29, 1.82) is 0 Å². The molecule has 9 nitrogen and oxygen atoms in total. The Kier molecular flexibility index (Phi) is 7.14. The third-order valence-corrected chi connectivity index (χ3v) is 6.83. The summed E-state index contributed by atoms with van der Waals surface area (Å²) in [6.07, 6.45) is 1.94. The summed E-state index contributed by atoms with van der Waals surface area (Å²) in [6.45, 7) is 2.31. The summed E-state index contributed by atoms with van der Waals surface area (Å²) in [5, 5.41) is 17.8. The number of furan rings is 1. The number of non-ortho nitro benzene ring substituents is 1. The largest absolute Gasteiger partial charge is 0.459 e. The van der Waals surface area contributed by atoms with E-state index >= 15 is 0 Å². The molecule has 10 heteroatoms. The molecule has 4 aromatic rings. The van der Waals surface area contributed by atoms with Crippen LogP contribution >= 0.6 is 12.2 Å². The second kappa shape index (κ2) is 10.8. The van der Waals surface area contributed by atoms with Gasteiger partial charge in [0.15, 0.2) is 5.11 Å². The Morgan fingerprint density at radius 3 is 2.58 bits per heavy atom. The van der Waals surface area contributed by atoms with Gasteiger partial charge in [0, 0.05) is 42.5 Å². The maximum Gasteiger partial charge on any atom is 0.269 e. The number of nitro benzene ring substituents is 1. The molecule has 2 aromatic carbocycles. The second-order valence-corrected chi connectivity index (χ2v) is 9.33. The minimum Gasteiger partial charge on any atom is -0.459 e. The number of nitrogens with zero attached hydrogens (tertiary/aromatic N) is 3. The molecule has 38 heavy (non-hydrogen) atoms. The van der Waals surface area contributed by atoms with Crippen molar-refractivity contribution in [1.82, 2.24) is 15.2 Å². The van der Waals surface area contributed by atoms with Gasteiger partial charge in [-0.3, -0.25) is 19.9 Å². The maximum absolute atomic E-state index is 12.8. The summed E-state index contributed by atoms with van der Waals surface area (Å²) in [5.74, 6) is 1.10. The number of pyridine rings is 1. The van der Waals surface area contributed by atoms with Crippen LogP contribution in [0.25, 0.3) is 11.3 Å². The first-order chi connectivity index (χ1) is 18.4. The van der Waals surface area contributed by atoms with Crippen LogP contribution in [0.3, 0.4) is 0 Å². The van der Waals surface area contributed by atoms with Gasteiger partial charge >= 0.3 is 0 Å². The fraction of sp³-hybridized carbons (Fsp3) is 0.179. The lowest BCUT2D eigenvalue weighted by Gasteiger charge is -2.26. The van der Waals surface area contributed by atoms with Crippen molar-refractivity contribution in [2.24, 2.45) is 0 Å². The summed E-state index contributed by atoms with van der Waals surface area (Å²) >= 11 is 5.69. The molecule has 0 spiro atoms. The fourth-order valence-corrected chi connectivity index (χ4v) is 4.85. The smallest absolute Gasteiger partial charge is 0.269 e. The van der Waals surface area contributed by atoms with Gasteiger partial charge in [-0.25, -0.2) is 0 Å². The zero-order chi connectivity index (χ0) is 26.6. The van der Waals surface area contributed by atoms with Crippen molar-refractivity contribution in [3.63, 3.8) is 0 Å². The number of aromatic nitrogens is 1. The highest BCUT2D eigenvalue weighted by molar-refractivity contribution is 7.80. The van der Waals surface area contributed by atoms with Gasteiger partial charge in [-0.05, 0) is 67.2 Å². The first-order valence-electron chi connectivity index (χ1n) is 12.1. The number of aryl methyl sites for hydroxylation is 1. The SMILES string of the molecule is Cc1ccccc1NC(=O)CCN1C(=S)N[C@H](c2ccccn2)[C@H]1c1ccc(-c2ccc([N+](=O)[O-])cc2)o1. The van der Waals surface area contributed by atoms with Crippen molar-refractivity contribution in [2.45, 2.75) is 25.4 Å². The molecule has 0 aliphatic carbocycles. The molecule has 1 saturated heterocycles. The van der Waals surface area contributed by atoms with Gasteiger partial charge in [-0.1, -0.05) is 24.3 Å². The fourth-order valence-electron chi connectivity index (χ4n) is 4.52. The van der Waals surface area contributed by atoms with Gasteiger partial charge in [0.25, 0.3) is 5.69 Å². The predicted octanol–water partition coefficient (Wildman–Crippen LogP) is 5.56. The van der Waals surface area contributed by atoms with E-state index in [9.17, 15) is 14.9 Å². The average molecular weight is 528 g/mol. The van der Waals surface area contributed by atoms with E-state index in [0.29, 0.717) is 28.7 Å². The van der Waals surface area contributed by atoms with Gasteiger partial charge in [0.1, 0.15) is 17.6 Å². The zero-order valence-corrected chi connectivity index (χ0v) is 21.4. The number of nitro groups is 1. The molecule has 1 fully saturated rings. The number of thiocarbonyl (C=S) groups is 1. The van der Waals surface area contributed by atoms with Gasteiger partial charge in [-0.2, -0.15) is 0 Å². The third kappa shape index (κ3) is 5.25. The summed E-state index contributed by atoms with van der Waals surface area (Å²) in [4.78, 5) is 29.9. The quantitative estimate of drug-likeness (QED) is 0.174. The molecule has 2 N–H and O–H groups in total. The van der Waals surface area contributed by atoms with E-state index in [-0.39, 0.29) is 30.1 Å². The maximum atomic E-state index is 12.8. The lowest BCUT2D eigenvalue weighted by molar-refractivity contribution is -0.384. The molecular weight excluding hydrogens is 502 g/mol. The molecule has 192 valence electrons. The van der Waals surface area contributed by atoms with Crippen molar-refractivity contribution in [3.8, 4) is 11.3 Å². The molecule has 5 rings (SSSR count). The van der Waals surface area contributed by atoms with E-state index in [4.69, 9.17) is 16.6 Å². The number of para-hydroxylation sites is 1. The molecule has 2 aromatic heterocycles. The number of carbonyl (C=O) groups excluding carboxylic acids is 1. The van der Waals surface area contributed by atoms with Crippen LogP contribution in [0, 0.1) is 17.0 Å². The number of hydrogen-bond donors (Lipinski definition) is 2. The Bertz CT molecular complexity index is 1470. The Morgan fingerprint density at radius 1 is 1.11 bits per heavy atom. The lowest BCUT2D eigenvalue weighted by atomic mass is 10.0. The minimum atomic E-state index is -0.437. The van der Waals surface area contributed by atoms with E-state index < -0.39 is 4.92 Å². The van der Waals surface area contributed by atoms with Crippen LogP contribution < -0.4 is 10.6 Å². The number of benzene rings is 2. The van der Waals surface area contributed by atoms with Gasteiger partial charge in [-0.15, -0.1) is 0 Å². The van der Waals surface area contributed by atoms with E-state index in [1.165, 1.54) is 12.1 Å². The van der Waals surface area contributed by atoms with Gasteiger partial charge in [0.05, 0.1) is 16.7 Å². The predicted molar refractivity (Wildman–Crippen MR) is 147 cm³/mol. The highest BCUT2D eigenvalue weighted by Gasteiger charge is 2.41. The van der Waals surface area contributed by atoms with Crippen molar-refractivity contribution < 1.29 is 14.1 Å². The third-order valence-electron chi connectivity index (χ3n) is 6.48. The van der Waals surface area contributed by atoms with Crippen molar-refractivity contribution in [3.05, 3.63) is 112 Å². The summed E-state index contributed by atoms with van der Waals surface area (Å²) < 4.78 is 6.26. The van der Waals surface area contributed by atoms with Gasteiger partial charge < -0.3 is 20.0 Å². The topological polar surface area (TPSA) is 114 Å². The van der Waals surface area contributed by atoms with Crippen LogP contribution in [-0.2, 0) is 4.79 Å². The van der Waals surface area contributed by atoms with E-state index in [2.05, 4.69) is 15.6 Å². The number of carbonyl (C=O) groups is 1. The Morgan fingerprint density at radius 2 is 1.87 bits per heavy atom. The number of nitrogens with one attached hydrogen (secondary N) is 2.